The number of nitro groups is 1. The molecule has 1 heterocycles. The molecule has 7 heteroatoms. The normalized spacial score (nSPS) is 9.89. The Kier molecular flexibility index (Phi) is 4.00. The first-order chi connectivity index (χ1) is 9.08. The fourth-order valence-electron chi connectivity index (χ4n) is 1.35. The molecule has 0 amide bonds. The third kappa shape index (κ3) is 3.44. The lowest BCUT2D eigenvalue weighted by molar-refractivity contribution is -0.384. The van der Waals surface area contributed by atoms with Crippen LogP contribution in [0.25, 0.3) is 0 Å². The molecule has 5 nitrogen and oxygen atoms in total. The summed E-state index contributed by atoms with van der Waals surface area (Å²) >= 11 is 7.08. The second kappa shape index (κ2) is 5.69. The molecule has 2 rings (SSSR count). The Morgan fingerprint density at radius 3 is 2.58 bits per heavy atom. The maximum Gasteiger partial charge on any atom is 0.269 e. The summed E-state index contributed by atoms with van der Waals surface area (Å²) in [5, 5.41) is 20.2. The highest BCUT2D eigenvalue weighted by atomic mass is 35.5. The van der Waals surface area contributed by atoms with Crippen LogP contribution in [-0.2, 0) is 0 Å². The topological polar surface area (TPSA) is 79.8 Å². The lowest BCUT2D eigenvalue weighted by Gasteiger charge is -2.02. The predicted molar refractivity (Wildman–Crippen MR) is 71.2 cm³/mol. The summed E-state index contributed by atoms with van der Waals surface area (Å²) in [4.78, 5) is 14.9. The van der Waals surface area contributed by atoms with Crippen LogP contribution in [0.1, 0.15) is 5.56 Å². The van der Waals surface area contributed by atoms with Crippen molar-refractivity contribution in [2.75, 3.05) is 0 Å². The minimum atomic E-state index is -0.458. The minimum Gasteiger partial charge on any atom is -0.258 e. The number of nitriles is 1. The van der Waals surface area contributed by atoms with Gasteiger partial charge in [0.05, 0.1) is 16.6 Å². The molecular formula is C12H6ClN3O2S. The molecule has 0 aliphatic rings. The van der Waals surface area contributed by atoms with E-state index in [0.29, 0.717) is 10.6 Å². The molecule has 0 spiro atoms. The van der Waals surface area contributed by atoms with Gasteiger partial charge in [0.2, 0.25) is 0 Å². The van der Waals surface area contributed by atoms with E-state index < -0.39 is 4.92 Å². The second-order valence-corrected chi connectivity index (χ2v) is 4.96. The Hall–Kier alpha value is -2.10. The van der Waals surface area contributed by atoms with Crippen LogP contribution in [0.15, 0.2) is 46.3 Å². The van der Waals surface area contributed by atoms with Gasteiger partial charge in [-0.15, -0.1) is 0 Å². The SMILES string of the molecule is N#Cc1cc(Cl)nc(Sc2ccc([N+](=O)[O-])cc2)c1. The first kappa shape index (κ1) is 13.3. The zero-order chi connectivity index (χ0) is 13.8. The van der Waals surface area contributed by atoms with Gasteiger partial charge < -0.3 is 0 Å². The highest BCUT2D eigenvalue weighted by Crippen LogP contribution is 2.29. The maximum atomic E-state index is 10.5. The molecule has 0 aliphatic carbocycles. The van der Waals surface area contributed by atoms with Crippen LogP contribution in [0.4, 0.5) is 5.69 Å². The van der Waals surface area contributed by atoms with Crippen molar-refractivity contribution in [3.63, 3.8) is 0 Å². The Morgan fingerprint density at radius 2 is 2.00 bits per heavy atom. The fourth-order valence-corrected chi connectivity index (χ4v) is 2.45. The summed E-state index contributed by atoms with van der Waals surface area (Å²) in [5.74, 6) is 0. The standard InChI is InChI=1S/C12H6ClN3O2S/c13-11-5-8(7-14)6-12(15-11)19-10-3-1-9(2-4-10)16(17)18/h1-6H. The average molecular weight is 292 g/mol. The van der Waals surface area contributed by atoms with Crippen molar-refractivity contribution >= 4 is 29.1 Å². The smallest absolute Gasteiger partial charge is 0.258 e. The predicted octanol–water partition coefficient (Wildman–Crippen LogP) is 3.67. The van der Waals surface area contributed by atoms with Crippen LogP contribution >= 0.6 is 23.4 Å². The Balaban J connectivity index is 2.24. The minimum absolute atomic E-state index is 0.0288. The van der Waals surface area contributed by atoms with Gasteiger partial charge in [0.25, 0.3) is 5.69 Å². The van der Waals surface area contributed by atoms with E-state index in [1.54, 1.807) is 18.2 Å². The fraction of sp³-hybridized carbons (Fsp3) is 0. The number of halogens is 1. The summed E-state index contributed by atoms with van der Waals surface area (Å²) < 4.78 is 0. The molecule has 0 radical (unpaired) electrons. The number of hydrogen-bond donors (Lipinski definition) is 0. The van der Waals surface area contributed by atoms with Crippen LogP contribution in [0.5, 0.6) is 0 Å². The number of hydrogen-bond acceptors (Lipinski definition) is 5. The monoisotopic (exact) mass is 291 g/mol. The second-order valence-electron chi connectivity index (χ2n) is 3.48. The molecule has 0 atom stereocenters. The van der Waals surface area contributed by atoms with Gasteiger partial charge in [0.15, 0.2) is 0 Å². The molecule has 0 saturated heterocycles. The third-order valence-electron chi connectivity index (χ3n) is 2.17. The van der Waals surface area contributed by atoms with Crippen molar-refractivity contribution in [1.82, 2.24) is 4.98 Å². The van der Waals surface area contributed by atoms with Crippen LogP contribution in [0, 0.1) is 21.4 Å². The number of non-ortho nitro benzene ring substituents is 1. The molecule has 94 valence electrons. The number of aromatic nitrogens is 1. The zero-order valence-corrected chi connectivity index (χ0v) is 11.0. The summed E-state index contributed by atoms with van der Waals surface area (Å²) in [5.41, 5.74) is 0.450. The third-order valence-corrected chi connectivity index (χ3v) is 3.29. The van der Waals surface area contributed by atoms with Crippen LogP contribution in [0.3, 0.4) is 0 Å². The van der Waals surface area contributed by atoms with Crippen molar-refractivity contribution in [2.45, 2.75) is 9.92 Å². The van der Waals surface area contributed by atoms with Gasteiger partial charge in [-0.1, -0.05) is 23.4 Å². The number of rotatable bonds is 3. The highest BCUT2D eigenvalue weighted by Gasteiger charge is 2.07. The van der Waals surface area contributed by atoms with Crippen LogP contribution < -0.4 is 0 Å². The number of nitro benzene ring substituents is 1. The molecule has 0 fully saturated rings. The molecule has 1 aromatic heterocycles. The van der Waals surface area contributed by atoms with E-state index >= 15 is 0 Å². The van der Waals surface area contributed by atoms with Crippen molar-refractivity contribution in [3.8, 4) is 6.07 Å². The quantitative estimate of drug-likeness (QED) is 0.490. The molecule has 19 heavy (non-hydrogen) atoms. The Morgan fingerprint density at radius 1 is 1.32 bits per heavy atom. The van der Waals surface area contributed by atoms with Crippen molar-refractivity contribution in [3.05, 3.63) is 57.2 Å². The number of benzene rings is 1. The molecule has 0 unspecified atom stereocenters. The zero-order valence-electron chi connectivity index (χ0n) is 9.41. The molecule has 0 aliphatic heterocycles. The van der Waals surface area contributed by atoms with Gasteiger partial charge in [-0.2, -0.15) is 5.26 Å². The number of pyridine rings is 1. The molecule has 0 N–H and O–H groups in total. The van der Waals surface area contributed by atoms with Gasteiger partial charge in [0, 0.05) is 17.0 Å². The molecule has 0 bridgehead atoms. The van der Waals surface area contributed by atoms with E-state index in [4.69, 9.17) is 16.9 Å². The van der Waals surface area contributed by atoms with Crippen LogP contribution in [0.2, 0.25) is 5.15 Å². The molecule has 0 saturated carbocycles. The van der Waals surface area contributed by atoms with Crippen LogP contribution in [-0.4, -0.2) is 9.91 Å². The van der Waals surface area contributed by atoms with Gasteiger partial charge in [-0.25, -0.2) is 4.98 Å². The van der Waals surface area contributed by atoms with Gasteiger partial charge in [0.1, 0.15) is 10.2 Å². The van der Waals surface area contributed by atoms with Crippen molar-refractivity contribution in [2.24, 2.45) is 0 Å². The summed E-state index contributed by atoms with van der Waals surface area (Å²) in [7, 11) is 0. The largest absolute Gasteiger partial charge is 0.269 e. The lowest BCUT2D eigenvalue weighted by atomic mass is 10.3. The molecule has 1 aromatic carbocycles. The summed E-state index contributed by atoms with van der Waals surface area (Å²) in [6.07, 6.45) is 0. The first-order valence-electron chi connectivity index (χ1n) is 5.08. The van der Waals surface area contributed by atoms with Gasteiger partial charge >= 0.3 is 0 Å². The Bertz CT molecular complexity index is 668. The summed E-state index contributed by atoms with van der Waals surface area (Å²) in [6.45, 7) is 0. The maximum absolute atomic E-state index is 10.5. The van der Waals surface area contributed by atoms with Gasteiger partial charge in [-0.3, -0.25) is 10.1 Å². The molecular weight excluding hydrogens is 286 g/mol. The van der Waals surface area contributed by atoms with Gasteiger partial charge in [-0.05, 0) is 24.3 Å². The number of nitrogens with zero attached hydrogens (tertiary/aromatic N) is 3. The molecule has 2 aromatic rings. The average Bonchev–Trinajstić information content (AvgIpc) is 2.38. The van der Waals surface area contributed by atoms with E-state index in [9.17, 15) is 10.1 Å². The van der Waals surface area contributed by atoms with E-state index in [2.05, 4.69) is 4.98 Å². The summed E-state index contributed by atoms with van der Waals surface area (Å²) in [6, 6.07) is 11.1. The Labute approximate surface area is 118 Å². The van der Waals surface area contributed by atoms with Crippen molar-refractivity contribution < 1.29 is 4.92 Å². The van der Waals surface area contributed by atoms with E-state index in [0.717, 1.165) is 4.90 Å². The lowest BCUT2D eigenvalue weighted by Crippen LogP contribution is -1.87. The van der Waals surface area contributed by atoms with Crippen molar-refractivity contribution in [1.29, 1.82) is 5.26 Å². The van der Waals surface area contributed by atoms with E-state index in [1.807, 2.05) is 6.07 Å². The van der Waals surface area contributed by atoms with E-state index in [1.165, 1.54) is 30.0 Å². The van der Waals surface area contributed by atoms with E-state index in [-0.39, 0.29) is 10.8 Å². The first-order valence-corrected chi connectivity index (χ1v) is 6.28. The highest BCUT2D eigenvalue weighted by molar-refractivity contribution is 7.99.